The minimum Gasteiger partial charge on any atom is -0.302 e. The Labute approximate surface area is 238 Å². The zero-order valence-electron chi connectivity index (χ0n) is 20.7. The summed E-state index contributed by atoms with van der Waals surface area (Å²) in [6.45, 7) is 0. The van der Waals surface area contributed by atoms with Crippen molar-refractivity contribution in [1.82, 2.24) is 14.5 Å². The van der Waals surface area contributed by atoms with Crippen LogP contribution in [0, 0.1) is 0 Å². The van der Waals surface area contributed by atoms with Gasteiger partial charge < -0.3 is 4.57 Å². The van der Waals surface area contributed by atoms with Crippen LogP contribution in [0.3, 0.4) is 0 Å². The molecule has 1 unspecified atom stereocenters. The summed E-state index contributed by atoms with van der Waals surface area (Å²) >= 11 is 2.50. The van der Waals surface area contributed by atoms with Gasteiger partial charge in [-0.25, -0.2) is 9.98 Å². The number of aromatic nitrogens is 3. The summed E-state index contributed by atoms with van der Waals surface area (Å²) in [6, 6.07) is 35.5. The lowest BCUT2D eigenvalue weighted by atomic mass is 9.96. The number of guanidine groups is 1. The average molecular weight is 616 g/mol. The summed E-state index contributed by atoms with van der Waals surface area (Å²) < 4.78 is 1.75. The van der Waals surface area contributed by atoms with Crippen LogP contribution in [0.5, 0.6) is 0 Å². The van der Waals surface area contributed by atoms with Gasteiger partial charge in [0.2, 0.25) is 5.96 Å². The maximum atomic E-state index is 5.39. The number of hydrogen-bond acceptors (Lipinski definition) is 5. The van der Waals surface area contributed by atoms with E-state index in [0.717, 1.165) is 56.0 Å². The van der Waals surface area contributed by atoms with Crippen molar-refractivity contribution < 1.29 is 0 Å². The number of nitrogens with zero attached hydrogens (tertiary/aromatic N) is 6. The molecular formula is C32H21IN6. The van der Waals surface area contributed by atoms with Gasteiger partial charge >= 0.3 is 0 Å². The van der Waals surface area contributed by atoms with Crippen LogP contribution in [0.15, 0.2) is 126 Å². The molecule has 8 rings (SSSR count). The summed E-state index contributed by atoms with van der Waals surface area (Å²) in [5, 5.41) is 0. The molecule has 0 aliphatic carbocycles. The van der Waals surface area contributed by atoms with Gasteiger partial charge in [-0.3, -0.25) is 14.9 Å². The summed E-state index contributed by atoms with van der Waals surface area (Å²) in [4.78, 5) is 22.3. The maximum absolute atomic E-state index is 5.39. The average Bonchev–Trinajstić information content (AvgIpc) is 3.34. The summed E-state index contributed by atoms with van der Waals surface area (Å²) in [5.41, 5.74) is 10.1. The molecule has 39 heavy (non-hydrogen) atoms. The number of pyridine rings is 2. The number of rotatable bonds is 2. The van der Waals surface area contributed by atoms with Crippen LogP contribution < -0.4 is 4.90 Å². The van der Waals surface area contributed by atoms with Crippen molar-refractivity contribution in [3.05, 3.63) is 127 Å². The third kappa shape index (κ3) is 3.39. The topological polar surface area (TPSA) is 58.7 Å². The first kappa shape index (κ1) is 22.6. The smallest absolute Gasteiger partial charge is 0.232 e. The van der Waals surface area contributed by atoms with Crippen LogP contribution >= 0.6 is 22.6 Å². The van der Waals surface area contributed by atoms with E-state index in [2.05, 4.69) is 117 Å². The van der Waals surface area contributed by atoms with E-state index >= 15 is 0 Å². The Hall–Kier alpha value is -4.37. The van der Waals surface area contributed by atoms with E-state index in [1.54, 1.807) is 0 Å². The first-order valence-corrected chi connectivity index (χ1v) is 13.9. The van der Waals surface area contributed by atoms with Crippen LogP contribution in [0.1, 0.15) is 17.5 Å². The minimum absolute atomic E-state index is 0.520. The molecular weight excluding hydrogens is 595 g/mol. The van der Waals surface area contributed by atoms with E-state index in [4.69, 9.17) is 20.0 Å². The van der Waals surface area contributed by atoms with Gasteiger partial charge in [-0.1, -0.05) is 72.8 Å². The molecule has 7 heteroatoms. The normalized spacial score (nSPS) is 18.1. The number of anilines is 2. The van der Waals surface area contributed by atoms with Gasteiger partial charge in [-0.05, 0) is 64.0 Å². The molecule has 0 N–H and O–H groups in total. The Bertz CT molecular complexity index is 1960. The SMILES string of the molecule is IC1(c2ccccc2)CC(c2ccccc2)=NC(N2c3ccccc3-n3c4cccnc4c4nccc2c43)=N1. The molecule has 0 spiro atoms. The molecule has 5 heterocycles. The predicted molar refractivity (Wildman–Crippen MR) is 166 cm³/mol. The number of halogens is 1. The Morgan fingerprint density at radius 3 is 2.21 bits per heavy atom. The zero-order valence-corrected chi connectivity index (χ0v) is 22.9. The zero-order chi connectivity index (χ0) is 26.0. The summed E-state index contributed by atoms with van der Waals surface area (Å²) in [5.74, 6) is 0.655. The number of hydrogen-bond donors (Lipinski definition) is 0. The second-order valence-corrected chi connectivity index (χ2v) is 11.5. The predicted octanol–water partition coefficient (Wildman–Crippen LogP) is 7.56. The van der Waals surface area contributed by atoms with Crippen molar-refractivity contribution in [2.24, 2.45) is 9.98 Å². The Balaban J connectivity index is 1.44. The molecule has 0 saturated heterocycles. The van der Waals surface area contributed by atoms with E-state index < -0.39 is 3.55 Å². The van der Waals surface area contributed by atoms with Crippen LogP contribution in [0.4, 0.5) is 11.4 Å². The third-order valence-electron chi connectivity index (χ3n) is 7.42. The lowest BCUT2D eigenvalue weighted by molar-refractivity contribution is 0.715. The number of para-hydroxylation sites is 2. The molecule has 2 aliphatic heterocycles. The van der Waals surface area contributed by atoms with E-state index in [9.17, 15) is 0 Å². The number of benzene rings is 3. The van der Waals surface area contributed by atoms with E-state index in [1.165, 1.54) is 0 Å². The number of aliphatic imine (C=N–C) groups is 2. The highest BCUT2D eigenvalue weighted by Gasteiger charge is 2.38. The van der Waals surface area contributed by atoms with Gasteiger partial charge in [0.15, 0.2) is 0 Å². The first-order chi connectivity index (χ1) is 19.2. The lowest BCUT2D eigenvalue weighted by Gasteiger charge is -2.36. The van der Waals surface area contributed by atoms with Gasteiger partial charge in [0.05, 0.1) is 33.8 Å². The largest absolute Gasteiger partial charge is 0.302 e. The fourth-order valence-electron chi connectivity index (χ4n) is 5.70. The first-order valence-electron chi connectivity index (χ1n) is 12.8. The second-order valence-electron chi connectivity index (χ2n) is 9.70. The van der Waals surface area contributed by atoms with Crippen LogP contribution in [-0.2, 0) is 3.55 Å². The molecule has 6 nitrogen and oxygen atoms in total. The van der Waals surface area contributed by atoms with Crippen LogP contribution in [-0.4, -0.2) is 26.2 Å². The molecule has 2 aliphatic rings. The van der Waals surface area contributed by atoms with Crippen molar-refractivity contribution in [2.75, 3.05) is 4.90 Å². The van der Waals surface area contributed by atoms with Crippen molar-refractivity contribution in [2.45, 2.75) is 9.97 Å². The molecule has 0 amide bonds. The van der Waals surface area contributed by atoms with Crippen LogP contribution in [0.25, 0.3) is 27.8 Å². The van der Waals surface area contributed by atoms with Crippen molar-refractivity contribution in [3.8, 4) is 5.69 Å². The number of fused-ring (bicyclic) bond motifs is 5. The van der Waals surface area contributed by atoms with Gasteiger partial charge in [0.1, 0.15) is 14.6 Å². The van der Waals surface area contributed by atoms with Gasteiger partial charge in [-0.2, -0.15) is 0 Å². The molecule has 0 bridgehead atoms. The molecule has 6 aromatic rings. The molecule has 3 aromatic heterocycles. The van der Waals surface area contributed by atoms with Crippen LogP contribution in [0.2, 0.25) is 0 Å². The van der Waals surface area contributed by atoms with Crippen molar-refractivity contribution in [3.63, 3.8) is 0 Å². The van der Waals surface area contributed by atoms with Gasteiger partial charge in [-0.15, -0.1) is 0 Å². The highest BCUT2D eigenvalue weighted by molar-refractivity contribution is 14.1. The van der Waals surface area contributed by atoms with Crippen molar-refractivity contribution >= 4 is 67.7 Å². The lowest BCUT2D eigenvalue weighted by Crippen LogP contribution is -2.36. The van der Waals surface area contributed by atoms with E-state index in [0.29, 0.717) is 12.4 Å². The van der Waals surface area contributed by atoms with E-state index in [-0.39, 0.29) is 0 Å². The highest BCUT2D eigenvalue weighted by Crippen LogP contribution is 2.48. The molecule has 1 atom stereocenters. The quantitative estimate of drug-likeness (QED) is 0.115. The fourth-order valence-corrected chi connectivity index (χ4v) is 6.63. The Morgan fingerprint density at radius 1 is 0.667 bits per heavy atom. The fraction of sp³-hybridized carbons (Fsp3) is 0.0625. The van der Waals surface area contributed by atoms with Gasteiger partial charge in [0, 0.05) is 18.8 Å². The molecule has 0 radical (unpaired) electrons. The number of alkyl halides is 1. The monoisotopic (exact) mass is 616 g/mol. The van der Waals surface area contributed by atoms with E-state index in [1.807, 2.05) is 30.6 Å². The highest BCUT2D eigenvalue weighted by atomic mass is 127. The second kappa shape index (κ2) is 8.57. The minimum atomic E-state index is -0.520. The van der Waals surface area contributed by atoms with Crippen molar-refractivity contribution in [1.29, 1.82) is 0 Å². The maximum Gasteiger partial charge on any atom is 0.232 e. The third-order valence-corrected chi connectivity index (χ3v) is 8.67. The summed E-state index contributed by atoms with van der Waals surface area (Å²) in [7, 11) is 0. The molecule has 0 fully saturated rings. The Kier molecular flexibility index (Phi) is 4.97. The summed E-state index contributed by atoms with van der Waals surface area (Å²) in [6.07, 6.45) is 4.38. The standard InChI is InChI=1S/C32H21IN6/c33-32(22-12-5-2-6-13-22)20-23(21-10-3-1-4-11-21)36-31(37-32)39-25-15-8-7-14-24(25)38-26-16-9-18-34-28(26)29-30(38)27(39)17-19-35-29/h1-19H,20H2. The van der Waals surface area contributed by atoms with Gasteiger partial charge in [0.25, 0.3) is 0 Å². The molecule has 3 aromatic carbocycles. The molecule has 186 valence electrons. The molecule has 0 saturated carbocycles. The Morgan fingerprint density at radius 2 is 1.38 bits per heavy atom.